The molecule has 0 saturated heterocycles. The molecule has 86 valence electrons. The lowest BCUT2D eigenvalue weighted by Crippen LogP contribution is -2.23. The molecule has 1 nitrogen and oxygen atoms in total. The molecule has 2 saturated carbocycles. The quantitative estimate of drug-likeness (QED) is 0.729. The highest BCUT2D eigenvalue weighted by Crippen LogP contribution is 2.50. The first-order chi connectivity index (χ1) is 7.83. The Bertz CT molecular complexity index is 351. The van der Waals surface area contributed by atoms with E-state index in [1.165, 1.54) is 25.7 Å². The zero-order chi connectivity index (χ0) is 11.0. The zero-order valence-corrected chi connectivity index (χ0v) is 10.2. The second kappa shape index (κ2) is 4.37. The van der Waals surface area contributed by atoms with Gasteiger partial charge in [-0.3, -0.25) is 4.98 Å². The van der Waals surface area contributed by atoms with Gasteiger partial charge in [0, 0.05) is 23.7 Å². The maximum atomic E-state index is 6.58. The highest BCUT2D eigenvalue weighted by atomic mass is 35.5. The maximum Gasteiger partial charge on any atom is 0.0422 e. The summed E-state index contributed by atoms with van der Waals surface area (Å²) in [5, 5.41) is 0.296. The Kier molecular flexibility index (Phi) is 2.89. The van der Waals surface area contributed by atoms with Gasteiger partial charge in [-0.2, -0.15) is 0 Å². The van der Waals surface area contributed by atoms with Gasteiger partial charge in [0.05, 0.1) is 0 Å². The van der Waals surface area contributed by atoms with Gasteiger partial charge in [0.15, 0.2) is 0 Å². The molecule has 0 spiro atoms. The summed E-state index contributed by atoms with van der Waals surface area (Å²) in [4.78, 5) is 4.37. The molecule has 2 aliphatic rings. The van der Waals surface area contributed by atoms with Crippen molar-refractivity contribution in [3.05, 3.63) is 30.1 Å². The molecule has 0 N–H and O–H groups in total. The Morgan fingerprint density at radius 1 is 1.31 bits per heavy atom. The summed E-state index contributed by atoms with van der Waals surface area (Å²) in [5.74, 6) is 2.65. The van der Waals surface area contributed by atoms with Gasteiger partial charge in [-0.15, -0.1) is 11.6 Å². The topological polar surface area (TPSA) is 12.9 Å². The van der Waals surface area contributed by atoms with Gasteiger partial charge in [-0.1, -0.05) is 12.5 Å². The molecule has 4 unspecified atom stereocenters. The molecule has 2 fully saturated rings. The SMILES string of the molecule is ClC(Cc1ccccn1)C1CC2CCC1C2. The molecule has 2 bridgehead atoms. The van der Waals surface area contributed by atoms with Gasteiger partial charge < -0.3 is 0 Å². The lowest BCUT2D eigenvalue weighted by molar-refractivity contribution is 0.319. The molecule has 16 heavy (non-hydrogen) atoms. The number of pyridine rings is 1. The van der Waals surface area contributed by atoms with Gasteiger partial charge in [-0.25, -0.2) is 0 Å². The second-order valence-electron chi connectivity index (χ2n) is 5.38. The Balaban J connectivity index is 1.64. The molecule has 1 aromatic rings. The Labute approximate surface area is 102 Å². The summed E-state index contributed by atoms with van der Waals surface area (Å²) in [6, 6.07) is 6.10. The molecule has 1 aromatic heterocycles. The van der Waals surface area contributed by atoms with Gasteiger partial charge >= 0.3 is 0 Å². The second-order valence-corrected chi connectivity index (χ2v) is 5.94. The largest absolute Gasteiger partial charge is 0.261 e. The highest BCUT2D eigenvalue weighted by Gasteiger charge is 2.42. The number of hydrogen-bond acceptors (Lipinski definition) is 1. The highest BCUT2D eigenvalue weighted by molar-refractivity contribution is 6.20. The third-order valence-electron chi connectivity index (χ3n) is 4.39. The third-order valence-corrected chi connectivity index (χ3v) is 4.87. The van der Waals surface area contributed by atoms with E-state index in [1.54, 1.807) is 0 Å². The van der Waals surface area contributed by atoms with Crippen LogP contribution in [0.3, 0.4) is 0 Å². The van der Waals surface area contributed by atoms with Crippen molar-refractivity contribution in [1.82, 2.24) is 4.98 Å². The maximum absolute atomic E-state index is 6.58. The predicted octanol–water partition coefficient (Wildman–Crippen LogP) is 3.67. The van der Waals surface area contributed by atoms with E-state index in [4.69, 9.17) is 11.6 Å². The number of rotatable bonds is 3. The van der Waals surface area contributed by atoms with Crippen molar-refractivity contribution in [3.63, 3.8) is 0 Å². The standard InChI is InChI=1S/C14H18ClN/c15-14(9-12-3-1-2-6-16-12)13-8-10-4-5-11(13)7-10/h1-3,6,10-11,13-14H,4-5,7-9H2. The predicted molar refractivity (Wildman–Crippen MR) is 66.5 cm³/mol. The van der Waals surface area contributed by atoms with Crippen molar-refractivity contribution in [2.45, 2.75) is 37.5 Å². The van der Waals surface area contributed by atoms with Crippen LogP contribution in [-0.4, -0.2) is 10.4 Å². The summed E-state index contributed by atoms with van der Waals surface area (Å²) in [7, 11) is 0. The van der Waals surface area contributed by atoms with Crippen molar-refractivity contribution >= 4 is 11.6 Å². The molecule has 2 aliphatic carbocycles. The first-order valence-corrected chi connectivity index (χ1v) is 6.80. The van der Waals surface area contributed by atoms with Crippen LogP contribution in [-0.2, 0) is 6.42 Å². The van der Waals surface area contributed by atoms with Crippen LogP contribution in [0.15, 0.2) is 24.4 Å². The number of hydrogen-bond donors (Lipinski definition) is 0. The van der Waals surface area contributed by atoms with Crippen molar-refractivity contribution in [3.8, 4) is 0 Å². The average Bonchev–Trinajstić information content (AvgIpc) is 2.92. The Morgan fingerprint density at radius 2 is 2.25 bits per heavy atom. The fourth-order valence-electron chi connectivity index (χ4n) is 3.61. The average molecular weight is 236 g/mol. The summed E-state index contributed by atoms with van der Waals surface area (Å²) in [6.07, 6.45) is 8.48. The van der Waals surface area contributed by atoms with E-state index in [1.807, 2.05) is 18.3 Å². The van der Waals surface area contributed by atoms with Crippen LogP contribution >= 0.6 is 11.6 Å². The molecule has 0 aliphatic heterocycles. The van der Waals surface area contributed by atoms with Crippen molar-refractivity contribution < 1.29 is 0 Å². The minimum absolute atomic E-state index is 0.296. The van der Waals surface area contributed by atoms with E-state index < -0.39 is 0 Å². The van der Waals surface area contributed by atoms with Crippen molar-refractivity contribution in [2.75, 3.05) is 0 Å². The van der Waals surface area contributed by atoms with E-state index >= 15 is 0 Å². The molecule has 4 atom stereocenters. The van der Waals surface area contributed by atoms with E-state index in [-0.39, 0.29) is 0 Å². The van der Waals surface area contributed by atoms with Crippen molar-refractivity contribution in [2.24, 2.45) is 17.8 Å². The first-order valence-electron chi connectivity index (χ1n) is 6.37. The molecule has 1 heterocycles. The number of nitrogens with zero attached hydrogens (tertiary/aromatic N) is 1. The third kappa shape index (κ3) is 1.98. The number of aromatic nitrogens is 1. The Morgan fingerprint density at radius 3 is 2.88 bits per heavy atom. The molecular weight excluding hydrogens is 218 g/mol. The molecule has 0 amide bonds. The van der Waals surface area contributed by atoms with Crippen LogP contribution in [0, 0.1) is 17.8 Å². The van der Waals surface area contributed by atoms with E-state index in [0.29, 0.717) is 5.38 Å². The summed E-state index contributed by atoms with van der Waals surface area (Å²) < 4.78 is 0. The van der Waals surface area contributed by atoms with E-state index in [9.17, 15) is 0 Å². The molecule has 2 heteroatoms. The van der Waals surface area contributed by atoms with Gasteiger partial charge in [0.2, 0.25) is 0 Å². The lowest BCUT2D eigenvalue weighted by atomic mass is 9.85. The van der Waals surface area contributed by atoms with Crippen LogP contribution < -0.4 is 0 Å². The van der Waals surface area contributed by atoms with E-state index in [2.05, 4.69) is 11.1 Å². The summed E-state index contributed by atoms with van der Waals surface area (Å²) in [5.41, 5.74) is 1.14. The van der Waals surface area contributed by atoms with Crippen LogP contribution in [0.5, 0.6) is 0 Å². The molecule has 3 rings (SSSR count). The monoisotopic (exact) mass is 235 g/mol. The molecule has 0 radical (unpaired) electrons. The van der Waals surface area contributed by atoms with Crippen LogP contribution in [0.4, 0.5) is 0 Å². The minimum Gasteiger partial charge on any atom is -0.261 e. The number of fused-ring (bicyclic) bond motifs is 2. The fraction of sp³-hybridized carbons (Fsp3) is 0.643. The molecule has 0 aromatic carbocycles. The van der Waals surface area contributed by atoms with Gasteiger partial charge in [0.25, 0.3) is 0 Å². The van der Waals surface area contributed by atoms with Gasteiger partial charge in [-0.05, 0) is 49.1 Å². The minimum atomic E-state index is 0.296. The summed E-state index contributed by atoms with van der Waals surface area (Å²) in [6.45, 7) is 0. The first kappa shape index (κ1) is 10.6. The normalized spacial score (nSPS) is 34.2. The van der Waals surface area contributed by atoms with Crippen LogP contribution in [0.25, 0.3) is 0 Å². The molecular formula is C14H18ClN. The zero-order valence-electron chi connectivity index (χ0n) is 9.48. The smallest absolute Gasteiger partial charge is 0.0422 e. The lowest BCUT2D eigenvalue weighted by Gasteiger charge is -2.26. The Hall–Kier alpha value is -0.560. The fourth-order valence-corrected chi connectivity index (χ4v) is 4.07. The van der Waals surface area contributed by atoms with Gasteiger partial charge in [0.1, 0.15) is 0 Å². The van der Waals surface area contributed by atoms with Crippen LogP contribution in [0.1, 0.15) is 31.4 Å². The van der Waals surface area contributed by atoms with Crippen LogP contribution in [0.2, 0.25) is 0 Å². The number of alkyl halides is 1. The summed E-state index contributed by atoms with van der Waals surface area (Å²) >= 11 is 6.58. The van der Waals surface area contributed by atoms with Crippen molar-refractivity contribution in [1.29, 1.82) is 0 Å². The number of halogens is 1. The van der Waals surface area contributed by atoms with E-state index in [0.717, 1.165) is 29.9 Å².